The van der Waals surface area contributed by atoms with Gasteiger partial charge in [-0.05, 0) is 24.8 Å². The van der Waals surface area contributed by atoms with Crippen LogP contribution < -0.4 is 4.74 Å². The first kappa shape index (κ1) is 19.6. The molecule has 2 radical (unpaired) electrons. The minimum Gasteiger partial charge on any atom is -0.491 e. The van der Waals surface area contributed by atoms with Crippen molar-refractivity contribution in [3.8, 4) is 5.75 Å². The van der Waals surface area contributed by atoms with E-state index in [1.165, 1.54) is 0 Å². The average molecular weight is 370 g/mol. The highest BCUT2D eigenvalue weighted by Gasteiger charge is 2.41. The third kappa shape index (κ3) is 5.96. The molecule has 1 aliphatic heterocycles. The van der Waals surface area contributed by atoms with E-state index >= 15 is 0 Å². The Morgan fingerprint density at radius 3 is 2.58 bits per heavy atom. The summed E-state index contributed by atoms with van der Waals surface area (Å²) in [6, 6.07) is 9.82. The summed E-state index contributed by atoms with van der Waals surface area (Å²) in [5.41, 5.74) is 0. The third-order valence-electron chi connectivity index (χ3n) is 3.91. The molecule has 0 bridgehead atoms. The summed E-state index contributed by atoms with van der Waals surface area (Å²) in [5.74, 6) is 0.710. The van der Waals surface area contributed by atoms with Gasteiger partial charge in [-0.1, -0.05) is 18.2 Å². The highest BCUT2D eigenvalue weighted by Crippen LogP contribution is 2.19. The van der Waals surface area contributed by atoms with Crippen LogP contribution in [-0.2, 0) is 18.3 Å². The monoisotopic (exact) mass is 369 g/mol. The van der Waals surface area contributed by atoms with E-state index in [1.807, 2.05) is 30.3 Å². The standard InChI is InChI=1S/C16H27NO5Si2/c1-18-16(19-2)23-12-17-10-15(22-24(4,13-17)20-3)11-21-14-8-6-5-7-9-14/h5-9,15-16H,10-13H2,1-4H3. The summed E-state index contributed by atoms with van der Waals surface area (Å²) in [7, 11) is 3.43. The molecule has 0 aromatic heterocycles. The summed E-state index contributed by atoms with van der Waals surface area (Å²) < 4.78 is 28.4. The number of ether oxygens (including phenoxy) is 3. The van der Waals surface area contributed by atoms with Crippen LogP contribution in [0.2, 0.25) is 6.55 Å². The summed E-state index contributed by atoms with van der Waals surface area (Å²) >= 11 is 0. The van der Waals surface area contributed by atoms with Crippen molar-refractivity contribution in [2.45, 2.75) is 18.6 Å². The molecule has 2 unspecified atom stereocenters. The van der Waals surface area contributed by atoms with Crippen LogP contribution in [0.15, 0.2) is 30.3 Å². The highest BCUT2D eigenvalue weighted by atomic mass is 28.4. The van der Waals surface area contributed by atoms with Gasteiger partial charge < -0.3 is 28.0 Å². The molecular weight excluding hydrogens is 342 g/mol. The van der Waals surface area contributed by atoms with Gasteiger partial charge in [0.1, 0.15) is 27.8 Å². The van der Waals surface area contributed by atoms with Gasteiger partial charge in [0.25, 0.3) is 0 Å². The normalized spacial score (nSPS) is 25.1. The van der Waals surface area contributed by atoms with Crippen molar-refractivity contribution >= 4 is 18.1 Å². The fourth-order valence-electron chi connectivity index (χ4n) is 2.68. The molecule has 24 heavy (non-hydrogen) atoms. The SMILES string of the molecule is COC(OC)[Si]CN1CC(COc2ccccc2)O[Si](C)(OC)C1. The quantitative estimate of drug-likeness (QED) is 0.482. The van der Waals surface area contributed by atoms with Crippen molar-refractivity contribution in [2.24, 2.45) is 0 Å². The van der Waals surface area contributed by atoms with Crippen molar-refractivity contribution in [3.05, 3.63) is 30.3 Å². The van der Waals surface area contributed by atoms with Gasteiger partial charge in [0.2, 0.25) is 0 Å². The highest BCUT2D eigenvalue weighted by molar-refractivity contribution is 6.66. The number of benzene rings is 1. The fraction of sp³-hybridized carbons (Fsp3) is 0.625. The number of hydrogen-bond donors (Lipinski definition) is 0. The second-order valence-electron chi connectivity index (χ2n) is 5.88. The lowest BCUT2D eigenvalue weighted by atomic mass is 10.3. The van der Waals surface area contributed by atoms with Gasteiger partial charge >= 0.3 is 8.56 Å². The van der Waals surface area contributed by atoms with Gasteiger partial charge in [0, 0.05) is 34.0 Å². The topological polar surface area (TPSA) is 49.4 Å². The summed E-state index contributed by atoms with van der Waals surface area (Å²) in [4.78, 5) is 2.38. The maximum absolute atomic E-state index is 6.23. The van der Waals surface area contributed by atoms with E-state index < -0.39 is 8.56 Å². The molecule has 0 amide bonds. The van der Waals surface area contributed by atoms with E-state index in [0.717, 1.165) is 24.6 Å². The number of hydrogen-bond acceptors (Lipinski definition) is 6. The van der Waals surface area contributed by atoms with E-state index in [0.29, 0.717) is 16.1 Å². The molecule has 0 spiro atoms. The molecule has 8 heteroatoms. The Hall–Kier alpha value is -0.746. The zero-order chi connectivity index (χ0) is 17.4. The van der Waals surface area contributed by atoms with Crippen LogP contribution >= 0.6 is 0 Å². The maximum atomic E-state index is 6.23. The van der Waals surface area contributed by atoms with E-state index in [2.05, 4.69) is 11.4 Å². The number of para-hydroxylation sites is 1. The molecule has 1 aromatic carbocycles. The van der Waals surface area contributed by atoms with Crippen LogP contribution in [0.5, 0.6) is 5.75 Å². The predicted octanol–water partition coefficient (Wildman–Crippen LogP) is 1.26. The molecule has 6 nitrogen and oxygen atoms in total. The number of nitrogens with zero attached hydrogens (tertiary/aromatic N) is 1. The molecule has 0 saturated carbocycles. The molecule has 1 saturated heterocycles. The summed E-state index contributed by atoms with van der Waals surface area (Å²) in [5, 5.41) is 0. The van der Waals surface area contributed by atoms with Crippen LogP contribution in [-0.4, -0.2) is 81.8 Å². The minimum atomic E-state index is -2.20. The Kier molecular flexibility index (Phi) is 7.88. The largest absolute Gasteiger partial charge is 0.491 e. The predicted molar refractivity (Wildman–Crippen MR) is 95.4 cm³/mol. The Bertz CT molecular complexity index is 477. The van der Waals surface area contributed by atoms with Crippen molar-refractivity contribution in [1.82, 2.24) is 4.90 Å². The second-order valence-corrected chi connectivity index (χ2v) is 10.3. The Balaban J connectivity index is 1.90. The van der Waals surface area contributed by atoms with E-state index in [1.54, 1.807) is 21.3 Å². The average Bonchev–Trinajstić information content (AvgIpc) is 2.61. The Morgan fingerprint density at radius 1 is 1.25 bits per heavy atom. The first-order chi connectivity index (χ1) is 11.6. The van der Waals surface area contributed by atoms with Crippen molar-refractivity contribution in [3.63, 3.8) is 0 Å². The zero-order valence-corrected chi connectivity index (χ0v) is 16.9. The van der Waals surface area contributed by atoms with Crippen LogP contribution in [0, 0.1) is 0 Å². The molecule has 2 rings (SSSR count). The summed E-state index contributed by atoms with van der Waals surface area (Å²) in [6.07, 6.45) is 1.76. The van der Waals surface area contributed by atoms with Gasteiger partial charge in [-0.25, -0.2) is 0 Å². The molecule has 0 aliphatic carbocycles. The Morgan fingerprint density at radius 2 is 1.96 bits per heavy atom. The second kappa shape index (κ2) is 9.66. The van der Waals surface area contributed by atoms with Crippen LogP contribution in [0.4, 0.5) is 0 Å². The maximum Gasteiger partial charge on any atom is 0.349 e. The first-order valence-electron chi connectivity index (χ1n) is 8.00. The third-order valence-corrected chi connectivity index (χ3v) is 8.06. The molecule has 1 aliphatic rings. The molecule has 134 valence electrons. The van der Waals surface area contributed by atoms with E-state index in [-0.39, 0.29) is 12.0 Å². The zero-order valence-electron chi connectivity index (χ0n) is 14.9. The van der Waals surface area contributed by atoms with Crippen molar-refractivity contribution in [2.75, 3.05) is 46.8 Å². The molecule has 1 heterocycles. The summed E-state index contributed by atoms with van der Waals surface area (Å²) in [6.45, 7) is 3.45. The molecule has 0 N–H and O–H groups in total. The van der Waals surface area contributed by atoms with Gasteiger partial charge in [0.15, 0.2) is 0 Å². The number of rotatable bonds is 9. The molecule has 1 aromatic rings. The van der Waals surface area contributed by atoms with Gasteiger partial charge in [0.05, 0.1) is 6.10 Å². The Labute approximate surface area is 148 Å². The van der Waals surface area contributed by atoms with Crippen LogP contribution in [0.3, 0.4) is 0 Å². The van der Waals surface area contributed by atoms with Crippen molar-refractivity contribution < 1.29 is 23.1 Å². The lowest BCUT2D eigenvalue weighted by Gasteiger charge is -2.41. The van der Waals surface area contributed by atoms with Crippen LogP contribution in [0.25, 0.3) is 0 Å². The lowest BCUT2D eigenvalue weighted by molar-refractivity contribution is -0.0456. The van der Waals surface area contributed by atoms with Gasteiger partial charge in [-0.2, -0.15) is 0 Å². The lowest BCUT2D eigenvalue weighted by Crippen LogP contribution is -2.61. The molecule has 1 fully saturated rings. The smallest absolute Gasteiger partial charge is 0.349 e. The van der Waals surface area contributed by atoms with E-state index in [9.17, 15) is 0 Å². The molecule has 2 atom stereocenters. The van der Waals surface area contributed by atoms with E-state index in [4.69, 9.17) is 23.1 Å². The fourth-order valence-corrected chi connectivity index (χ4v) is 6.08. The first-order valence-corrected chi connectivity index (χ1v) is 11.8. The van der Waals surface area contributed by atoms with Crippen molar-refractivity contribution in [1.29, 1.82) is 0 Å². The van der Waals surface area contributed by atoms with Crippen LogP contribution in [0.1, 0.15) is 0 Å². The minimum absolute atomic E-state index is 0.00362. The molecular formula is C16H27NO5Si2. The number of methoxy groups -OCH3 is 2. The van der Waals surface area contributed by atoms with Gasteiger partial charge in [-0.15, -0.1) is 0 Å². The van der Waals surface area contributed by atoms with Gasteiger partial charge in [-0.3, -0.25) is 0 Å².